The first kappa shape index (κ1) is 13.6. The van der Waals surface area contributed by atoms with Gasteiger partial charge in [-0.3, -0.25) is 4.79 Å². The van der Waals surface area contributed by atoms with E-state index in [4.69, 9.17) is 9.47 Å². The molecule has 0 saturated heterocycles. The van der Waals surface area contributed by atoms with Crippen LogP contribution in [0.5, 0.6) is 11.5 Å². The third kappa shape index (κ3) is 2.28. The van der Waals surface area contributed by atoms with Crippen molar-refractivity contribution in [2.75, 3.05) is 14.2 Å². The van der Waals surface area contributed by atoms with Gasteiger partial charge in [-0.05, 0) is 29.7 Å². The molecule has 4 heteroatoms. The van der Waals surface area contributed by atoms with Crippen molar-refractivity contribution in [2.45, 2.75) is 0 Å². The van der Waals surface area contributed by atoms with E-state index in [1.165, 1.54) is 10.1 Å². The Bertz CT molecular complexity index is 772. The van der Waals surface area contributed by atoms with E-state index in [0.29, 0.717) is 17.1 Å². The molecule has 0 aliphatic heterocycles. The highest BCUT2D eigenvalue weighted by Gasteiger charge is 2.17. The molecule has 0 saturated carbocycles. The number of carbonyl (C=O) groups is 1. The number of methoxy groups -OCH3 is 2. The molecular weight excluding hydrogens is 284 g/mol. The van der Waals surface area contributed by atoms with Crippen molar-refractivity contribution in [3.8, 4) is 21.9 Å². The molecule has 0 spiro atoms. The fraction of sp³-hybridized carbons (Fsp3) is 0.118. The van der Waals surface area contributed by atoms with Gasteiger partial charge in [0.15, 0.2) is 17.8 Å². The number of ether oxygens (including phenoxy) is 2. The number of carbonyl (C=O) groups excluding carboxylic acids is 1. The highest BCUT2D eigenvalue weighted by molar-refractivity contribution is 7.22. The number of hydrogen-bond donors (Lipinski definition) is 0. The van der Waals surface area contributed by atoms with Crippen molar-refractivity contribution >= 4 is 27.7 Å². The highest BCUT2D eigenvalue weighted by Crippen LogP contribution is 2.41. The topological polar surface area (TPSA) is 35.5 Å². The number of aldehydes is 1. The summed E-state index contributed by atoms with van der Waals surface area (Å²) in [5, 5.41) is 1.17. The maximum Gasteiger partial charge on any atom is 0.171 e. The molecule has 0 fully saturated rings. The van der Waals surface area contributed by atoms with Crippen LogP contribution in [0.15, 0.2) is 42.5 Å². The summed E-state index contributed by atoms with van der Waals surface area (Å²) < 4.78 is 11.8. The summed E-state index contributed by atoms with van der Waals surface area (Å²) in [6, 6.07) is 14.0. The summed E-state index contributed by atoms with van der Waals surface area (Å²) in [6.07, 6.45) is 0.821. The Morgan fingerprint density at radius 3 is 2.52 bits per heavy atom. The van der Waals surface area contributed by atoms with Gasteiger partial charge in [-0.2, -0.15) is 0 Å². The van der Waals surface area contributed by atoms with E-state index in [1.807, 2.05) is 24.3 Å². The standard InChI is InChI=1S/C17H14O3S/c1-19-14-8-7-12(13(10-18)17(14)20-2)16-9-11-5-3-4-6-15(11)21-16/h3-10H,1-2H3. The van der Waals surface area contributed by atoms with Crippen LogP contribution in [0.3, 0.4) is 0 Å². The largest absolute Gasteiger partial charge is 0.493 e. The summed E-state index contributed by atoms with van der Waals surface area (Å²) >= 11 is 1.66. The molecule has 2 aromatic carbocycles. The molecule has 0 aliphatic rings. The molecule has 0 atom stereocenters. The second kappa shape index (κ2) is 5.58. The van der Waals surface area contributed by atoms with Gasteiger partial charge >= 0.3 is 0 Å². The van der Waals surface area contributed by atoms with Gasteiger partial charge in [0, 0.05) is 15.1 Å². The lowest BCUT2D eigenvalue weighted by Gasteiger charge is -2.12. The monoisotopic (exact) mass is 298 g/mol. The van der Waals surface area contributed by atoms with Crippen molar-refractivity contribution in [1.82, 2.24) is 0 Å². The zero-order valence-electron chi connectivity index (χ0n) is 11.8. The van der Waals surface area contributed by atoms with Crippen molar-refractivity contribution in [2.24, 2.45) is 0 Å². The Balaban J connectivity index is 2.24. The van der Waals surface area contributed by atoms with Crippen LogP contribution in [-0.4, -0.2) is 20.5 Å². The van der Waals surface area contributed by atoms with Crippen molar-refractivity contribution < 1.29 is 14.3 Å². The van der Waals surface area contributed by atoms with Crippen LogP contribution < -0.4 is 9.47 Å². The predicted octanol–water partition coefficient (Wildman–Crippen LogP) is 4.40. The fourth-order valence-corrected chi connectivity index (χ4v) is 3.50. The van der Waals surface area contributed by atoms with Crippen molar-refractivity contribution in [3.63, 3.8) is 0 Å². The molecule has 0 N–H and O–H groups in total. The maximum absolute atomic E-state index is 11.5. The Hall–Kier alpha value is -2.33. The molecule has 106 valence electrons. The Labute approximate surface area is 126 Å². The molecule has 21 heavy (non-hydrogen) atoms. The number of thiophene rings is 1. The summed E-state index contributed by atoms with van der Waals surface area (Å²) in [7, 11) is 3.10. The van der Waals surface area contributed by atoms with Crippen LogP contribution in [0.25, 0.3) is 20.5 Å². The van der Waals surface area contributed by atoms with E-state index in [2.05, 4.69) is 18.2 Å². The molecular formula is C17H14O3S. The molecule has 0 unspecified atom stereocenters. The number of hydrogen-bond acceptors (Lipinski definition) is 4. The van der Waals surface area contributed by atoms with E-state index in [1.54, 1.807) is 25.6 Å². The third-order valence-corrected chi connectivity index (χ3v) is 4.54. The molecule has 1 aromatic heterocycles. The fourth-order valence-electron chi connectivity index (χ4n) is 2.40. The first-order chi connectivity index (χ1) is 10.3. The number of fused-ring (bicyclic) bond motifs is 1. The Morgan fingerprint density at radius 2 is 1.86 bits per heavy atom. The van der Waals surface area contributed by atoms with Crippen LogP contribution in [0.4, 0.5) is 0 Å². The van der Waals surface area contributed by atoms with Gasteiger partial charge in [-0.1, -0.05) is 18.2 Å². The molecule has 0 aliphatic carbocycles. The van der Waals surface area contributed by atoms with Gasteiger partial charge in [0.1, 0.15) is 0 Å². The van der Waals surface area contributed by atoms with Crippen molar-refractivity contribution in [1.29, 1.82) is 0 Å². The minimum atomic E-state index is 0.474. The van der Waals surface area contributed by atoms with Crippen LogP contribution >= 0.6 is 11.3 Å². The molecule has 0 radical (unpaired) electrons. The SMILES string of the molecule is COc1ccc(-c2cc3ccccc3s2)c(C=O)c1OC. The van der Waals surface area contributed by atoms with E-state index >= 15 is 0 Å². The predicted molar refractivity (Wildman–Crippen MR) is 85.8 cm³/mol. The van der Waals surface area contributed by atoms with E-state index in [9.17, 15) is 4.79 Å². The quantitative estimate of drug-likeness (QED) is 0.670. The first-order valence-electron chi connectivity index (χ1n) is 6.47. The lowest BCUT2D eigenvalue weighted by atomic mass is 10.0. The lowest BCUT2D eigenvalue weighted by Crippen LogP contribution is -1.97. The molecule has 3 nitrogen and oxygen atoms in total. The smallest absolute Gasteiger partial charge is 0.171 e. The molecule has 3 rings (SSSR count). The van der Waals surface area contributed by atoms with Gasteiger partial charge in [0.05, 0.1) is 19.8 Å². The minimum absolute atomic E-state index is 0.474. The van der Waals surface area contributed by atoms with Crippen LogP contribution in [-0.2, 0) is 0 Å². The lowest BCUT2D eigenvalue weighted by molar-refractivity contribution is 0.112. The Morgan fingerprint density at radius 1 is 1.05 bits per heavy atom. The Kier molecular flexibility index (Phi) is 3.62. The second-order valence-electron chi connectivity index (χ2n) is 4.53. The van der Waals surface area contributed by atoms with E-state index < -0.39 is 0 Å². The summed E-state index contributed by atoms with van der Waals surface area (Å²) in [4.78, 5) is 12.6. The number of rotatable bonds is 4. The number of benzene rings is 2. The zero-order valence-corrected chi connectivity index (χ0v) is 12.6. The zero-order chi connectivity index (χ0) is 14.8. The average Bonchev–Trinajstić information content (AvgIpc) is 2.96. The van der Waals surface area contributed by atoms with Gasteiger partial charge in [-0.25, -0.2) is 0 Å². The summed E-state index contributed by atoms with van der Waals surface area (Å²) in [5.41, 5.74) is 1.38. The van der Waals surface area contributed by atoms with Crippen molar-refractivity contribution in [3.05, 3.63) is 48.0 Å². The third-order valence-electron chi connectivity index (χ3n) is 3.39. The molecule has 1 heterocycles. The van der Waals surface area contributed by atoms with Gasteiger partial charge in [0.25, 0.3) is 0 Å². The minimum Gasteiger partial charge on any atom is -0.493 e. The molecule has 0 bridgehead atoms. The first-order valence-corrected chi connectivity index (χ1v) is 7.29. The van der Waals surface area contributed by atoms with E-state index in [0.717, 1.165) is 16.7 Å². The van der Waals surface area contributed by atoms with Gasteiger partial charge in [0.2, 0.25) is 0 Å². The molecule has 3 aromatic rings. The summed E-state index contributed by atoms with van der Waals surface area (Å²) in [5.74, 6) is 1.03. The second-order valence-corrected chi connectivity index (χ2v) is 5.61. The average molecular weight is 298 g/mol. The normalized spacial score (nSPS) is 10.6. The van der Waals surface area contributed by atoms with Gasteiger partial charge in [-0.15, -0.1) is 11.3 Å². The van der Waals surface area contributed by atoms with Crippen LogP contribution in [0, 0.1) is 0 Å². The van der Waals surface area contributed by atoms with Crippen LogP contribution in [0.2, 0.25) is 0 Å². The van der Waals surface area contributed by atoms with Gasteiger partial charge < -0.3 is 9.47 Å². The maximum atomic E-state index is 11.5. The summed E-state index contributed by atoms with van der Waals surface area (Å²) in [6.45, 7) is 0. The highest BCUT2D eigenvalue weighted by atomic mass is 32.1. The molecule has 0 amide bonds. The van der Waals surface area contributed by atoms with E-state index in [-0.39, 0.29) is 0 Å². The van der Waals surface area contributed by atoms with Crippen LogP contribution in [0.1, 0.15) is 10.4 Å².